The summed E-state index contributed by atoms with van der Waals surface area (Å²) < 4.78 is 38.7. The van der Waals surface area contributed by atoms with E-state index in [2.05, 4.69) is 35.7 Å². The highest BCUT2D eigenvalue weighted by Crippen LogP contribution is 2.26. The van der Waals surface area contributed by atoms with Crippen LogP contribution in [0.4, 0.5) is 25.1 Å². The number of allylic oxidation sites excluding steroid dienone is 1. The van der Waals surface area contributed by atoms with Gasteiger partial charge < -0.3 is 5.32 Å². The van der Waals surface area contributed by atoms with Crippen LogP contribution in [0.25, 0.3) is 0 Å². The Kier molecular flexibility index (Phi) is 4.10. The first kappa shape index (κ1) is 15.5. The monoisotopic (exact) mass is 316 g/mol. The number of halogens is 3. The Morgan fingerprint density at radius 1 is 1.05 bits per heavy atom. The summed E-state index contributed by atoms with van der Waals surface area (Å²) in [7, 11) is 0. The molecule has 0 aliphatic heterocycles. The van der Waals surface area contributed by atoms with Crippen molar-refractivity contribution in [1.29, 1.82) is 0 Å². The van der Waals surface area contributed by atoms with E-state index in [4.69, 9.17) is 0 Å². The number of carbonyl (C=O) groups excluding carboxylic acids is 1. The first-order chi connectivity index (χ1) is 10.2. The number of aromatic nitrogens is 6. The normalized spacial score (nSPS) is 12.3. The van der Waals surface area contributed by atoms with Gasteiger partial charge in [-0.2, -0.15) is 23.1 Å². The van der Waals surface area contributed by atoms with Crippen molar-refractivity contribution in [3.8, 4) is 0 Å². The molecule has 2 aromatic rings. The van der Waals surface area contributed by atoms with E-state index >= 15 is 0 Å². The largest absolute Gasteiger partial charge is 0.431 e. The Bertz CT molecular complexity index is 701. The van der Waals surface area contributed by atoms with Gasteiger partial charge >= 0.3 is 6.18 Å². The Morgan fingerprint density at radius 3 is 1.95 bits per heavy atom. The van der Waals surface area contributed by atoms with Gasteiger partial charge in [0, 0.05) is 6.08 Å². The van der Waals surface area contributed by atoms with Crippen molar-refractivity contribution in [3.05, 3.63) is 23.4 Å². The number of aromatic amines is 2. The minimum Gasteiger partial charge on any atom is -0.319 e. The van der Waals surface area contributed by atoms with Crippen LogP contribution in [-0.4, -0.2) is 42.4 Å². The van der Waals surface area contributed by atoms with Crippen LogP contribution < -0.4 is 10.6 Å². The van der Waals surface area contributed by atoms with Crippen molar-refractivity contribution < 1.29 is 18.0 Å². The van der Waals surface area contributed by atoms with Crippen LogP contribution in [-0.2, 0) is 4.79 Å². The number of rotatable bonds is 4. The molecular formula is C10H11F3N8O. The molecule has 0 aliphatic rings. The third-order valence-electron chi connectivity index (χ3n) is 2.26. The highest BCUT2D eigenvalue weighted by molar-refractivity contribution is 5.98. The summed E-state index contributed by atoms with van der Waals surface area (Å²) in [6, 6.07) is 0. The second-order valence-electron chi connectivity index (χ2n) is 4.16. The van der Waals surface area contributed by atoms with Crippen molar-refractivity contribution in [2.24, 2.45) is 0 Å². The standard InChI is InChI=1S/C10H11F3N8O/c1-4-14-8(20-18-4)16-6(10(11,12)13)3-7(22)17-9-15-5(2)19-21-9/h3H,1-2H3,(H2,14,16,18,20)(H2,15,17,19,21,22)/b6-3+. The molecule has 2 aromatic heterocycles. The lowest BCUT2D eigenvalue weighted by Crippen LogP contribution is -2.23. The Balaban J connectivity index is 2.15. The van der Waals surface area contributed by atoms with Gasteiger partial charge in [0.1, 0.15) is 17.3 Å². The van der Waals surface area contributed by atoms with E-state index in [-0.39, 0.29) is 11.9 Å². The number of amides is 1. The second-order valence-corrected chi connectivity index (χ2v) is 4.16. The first-order valence-electron chi connectivity index (χ1n) is 5.89. The molecule has 0 aromatic carbocycles. The van der Waals surface area contributed by atoms with Crippen LogP contribution >= 0.6 is 0 Å². The molecule has 12 heteroatoms. The van der Waals surface area contributed by atoms with Crippen LogP contribution in [0.3, 0.4) is 0 Å². The zero-order valence-electron chi connectivity index (χ0n) is 11.4. The highest BCUT2D eigenvalue weighted by Gasteiger charge is 2.35. The SMILES string of the molecule is Cc1nc(NC(=O)/C=C(/Nc2n[nH]c(C)n2)C(F)(F)F)n[nH]1. The van der Waals surface area contributed by atoms with Crippen LogP contribution in [0.2, 0.25) is 0 Å². The molecule has 0 saturated carbocycles. The molecule has 1 amide bonds. The average molecular weight is 316 g/mol. The predicted octanol–water partition coefficient (Wildman–Crippen LogP) is 1.04. The minimum absolute atomic E-state index is 0.131. The van der Waals surface area contributed by atoms with Gasteiger partial charge in [0.25, 0.3) is 5.91 Å². The molecule has 4 N–H and O–H groups in total. The van der Waals surface area contributed by atoms with Crippen LogP contribution in [0.15, 0.2) is 11.8 Å². The number of hydrogen-bond donors (Lipinski definition) is 4. The Hall–Kier alpha value is -2.92. The highest BCUT2D eigenvalue weighted by atomic mass is 19.4. The number of hydrogen-bond acceptors (Lipinski definition) is 6. The van der Waals surface area contributed by atoms with Gasteiger partial charge in [-0.1, -0.05) is 0 Å². The second kappa shape index (κ2) is 5.83. The fraction of sp³-hybridized carbons (Fsp3) is 0.300. The third-order valence-corrected chi connectivity index (χ3v) is 2.26. The molecule has 0 aliphatic carbocycles. The van der Waals surface area contributed by atoms with E-state index in [1.807, 2.05) is 5.32 Å². The lowest BCUT2D eigenvalue weighted by Gasteiger charge is -2.11. The number of H-pyrrole nitrogens is 2. The molecule has 2 heterocycles. The van der Waals surface area contributed by atoms with E-state index in [1.165, 1.54) is 6.92 Å². The summed E-state index contributed by atoms with van der Waals surface area (Å²) in [6.45, 7) is 3.10. The average Bonchev–Trinajstić information content (AvgIpc) is 2.96. The van der Waals surface area contributed by atoms with Crippen molar-refractivity contribution in [1.82, 2.24) is 30.4 Å². The summed E-state index contributed by atoms with van der Waals surface area (Å²) in [6.07, 6.45) is -4.46. The minimum atomic E-state index is -4.79. The molecule has 0 radical (unpaired) electrons. The van der Waals surface area contributed by atoms with Crippen molar-refractivity contribution in [2.75, 3.05) is 10.6 Å². The molecule has 9 nitrogen and oxygen atoms in total. The number of aryl methyl sites for hydroxylation is 2. The maximum atomic E-state index is 12.9. The van der Waals surface area contributed by atoms with Crippen LogP contribution in [0, 0.1) is 13.8 Å². The fourth-order valence-electron chi connectivity index (χ4n) is 1.38. The molecule has 0 spiro atoms. The Labute approximate surface area is 121 Å². The smallest absolute Gasteiger partial charge is 0.319 e. The van der Waals surface area contributed by atoms with Gasteiger partial charge in [0.2, 0.25) is 11.9 Å². The molecule has 0 fully saturated rings. The van der Waals surface area contributed by atoms with Gasteiger partial charge in [0.15, 0.2) is 0 Å². The van der Waals surface area contributed by atoms with Crippen molar-refractivity contribution >= 4 is 17.8 Å². The topological polar surface area (TPSA) is 124 Å². The summed E-state index contributed by atoms with van der Waals surface area (Å²) in [5, 5.41) is 16.0. The van der Waals surface area contributed by atoms with Gasteiger partial charge in [-0.05, 0) is 13.8 Å². The van der Waals surface area contributed by atoms with E-state index in [1.54, 1.807) is 6.92 Å². The van der Waals surface area contributed by atoms with Crippen molar-refractivity contribution in [2.45, 2.75) is 20.0 Å². The van der Waals surface area contributed by atoms with Gasteiger partial charge in [0.05, 0.1) is 0 Å². The van der Waals surface area contributed by atoms with Gasteiger partial charge in [-0.3, -0.25) is 20.3 Å². The summed E-state index contributed by atoms with van der Waals surface area (Å²) >= 11 is 0. The molecule has 2 rings (SSSR count). The molecule has 0 unspecified atom stereocenters. The van der Waals surface area contributed by atoms with E-state index in [0.717, 1.165) is 0 Å². The zero-order chi connectivity index (χ0) is 16.3. The number of anilines is 2. The molecule has 0 atom stereocenters. The maximum absolute atomic E-state index is 12.9. The van der Waals surface area contributed by atoms with Gasteiger partial charge in [-0.25, -0.2) is 0 Å². The zero-order valence-corrected chi connectivity index (χ0v) is 11.4. The van der Waals surface area contributed by atoms with Gasteiger partial charge in [-0.15, -0.1) is 10.2 Å². The number of nitrogens with one attached hydrogen (secondary N) is 4. The van der Waals surface area contributed by atoms with Crippen LogP contribution in [0.1, 0.15) is 11.6 Å². The van der Waals surface area contributed by atoms with E-state index < -0.39 is 17.8 Å². The first-order valence-corrected chi connectivity index (χ1v) is 5.89. The van der Waals surface area contributed by atoms with Crippen molar-refractivity contribution in [3.63, 3.8) is 0 Å². The maximum Gasteiger partial charge on any atom is 0.431 e. The summed E-state index contributed by atoms with van der Waals surface area (Å²) in [4.78, 5) is 19.0. The summed E-state index contributed by atoms with van der Waals surface area (Å²) in [5.74, 6) is -0.753. The molecule has 118 valence electrons. The van der Waals surface area contributed by atoms with Crippen LogP contribution in [0.5, 0.6) is 0 Å². The Morgan fingerprint density at radius 2 is 1.55 bits per heavy atom. The molecular weight excluding hydrogens is 305 g/mol. The third kappa shape index (κ3) is 4.04. The molecule has 22 heavy (non-hydrogen) atoms. The summed E-state index contributed by atoms with van der Waals surface area (Å²) in [5.41, 5.74) is -1.32. The number of nitrogens with zero attached hydrogens (tertiary/aromatic N) is 4. The number of alkyl halides is 3. The lowest BCUT2D eigenvalue weighted by atomic mass is 10.3. The molecule has 0 bridgehead atoms. The van der Waals surface area contributed by atoms with E-state index in [9.17, 15) is 18.0 Å². The quantitative estimate of drug-likeness (QED) is 0.625. The number of carbonyl (C=O) groups is 1. The van der Waals surface area contributed by atoms with E-state index in [0.29, 0.717) is 17.7 Å². The lowest BCUT2D eigenvalue weighted by molar-refractivity contribution is -0.113. The predicted molar refractivity (Wildman–Crippen MR) is 68.6 cm³/mol. The fourth-order valence-corrected chi connectivity index (χ4v) is 1.38. The molecule has 0 saturated heterocycles.